The maximum absolute atomic E-state index is 13.2. The lowest BCUT2D eigenvalue weighted by Crippen LogP contribution is -2.37. The van der Waals surface area contributed by atoms with Gasteiger partial charge in [-0.25, -0.2) is 9.78 Å². The zero-order valence-corrected chi connectivity index (χ0v) is 19.6. The molecule has 1 aliphatic heterocycles. The summed E-state index contributed by atoms with van der Waals surface area (Å²) in [5.74, 6) is -0.610. The molecule has 4 aromatic rings. The minimum absolute atomic E-state index is 0.142. The largest absolute Gasteiger partial charge is 0.461 e. The molecule has 0 atom stereocenters. The first kappa shape index (κ1) is 21.5. The maximum atomic E-state index is 13.2. The van der Waals surface area contributed by atoms with Crippen molar-refractivity contribution in [2.75, 3.05) is 13.2 Å². The number of esters is 1. The van der Waals surface area contributed by atoms with Crippen LogP contribution in [0.5, 0.6) is 0 Å². The zero-order chi connectivity index (χ0) is 22.8. The molecule has 0 fully saturated rings. The lowest BCUT2D eigenvalue weighted by Gasteiger charge is -2.27. The van der Waals surface area contributed by atoms with Crippen LogP contribution in [0, 0.1) is 0 Å². The molecular formula is C23H21N5O3S2. The third-order valence-electron chi connectivity index (χ3n) is 5.43. The molecule has 5 rings (SSSR count). The second kappa shape index (κ2) is 9.24. The van der Waals surface area contributed by atoms with Gasteiger partial charge in [0, 0.05) is 42.0 Å². The predicted molar refractivity (Wildman–Crippen MR) is 125 cm³/mol. The molecule has 5 heterocycles. The number of ether oxygens (including phenoxy) is 1. The van der Waals surface area contributed by atoms with Gasteiger partial charge in [-0.2, -0.15) is 5.10 Å². The number of carbonyl (C=O) groups excluding carboxylic acids is 2. The molecule has 0 radical (unpaired) electrons. The SMILES string of the molecule is CCOC(=O)c1nn(Cc2ccncc2)c2c1CN(C(=O)c1csc(-c3cccs3)n1)CC2. The molecule has 0 unspecified atom stereocenters. The van der Waals surface area contributed by atoms with Crippen LogP contribution in [0.3, 0.4) is 0 Å². The van der Waals surface area contributed by atoms with Gasteiger partial charge in [0.1, 0.15) is 10.7 Å². The van der Waals surface area contributed by atoms with Crippen LogP contribution in [0.2, 0.25) is 0 Å². The number of carbonyl (C=O) groups is 2. The zero-order valence-electron chi connectivity index (χ0n) is 17.9. The number of nitrogens with zero attached hydrogens (tertiary/aromatic N) is 5. The molecule has 0 spiro atoms. The Hall–Kier alpha value is -3.37. The van der Waals surface area contributed by atoms with Crippen molar-refractivity contribution in [3.63, 3.8) is 0 Å². The third-order valence-corrected chi connectivity index (χ3v) is 7.31. The van der Waals surface area contributed by atoms with E-state index in [1.54, 1.807) is 40.9 Å². The topological polar surface area (TPSA) is 90.2 Å². The molecule has 10 heteroatoms. The van der Waals surface area contributed by atoms with Gasteiger partial charge in [0.2, 0.25) is 0 Å². The van der Waals surface area contributed by atoms with Crippen LogP contribution >= 0.6 is 22.7 Å². The van der Waals surface area contributed by atoms with E-state index in [2.05, 4.69) is 15.1 Å². The van der Waals surface area contributed by atoms with Gasteiger partial charge < -0.3 is 9.64 Å². The van der Waals surface area contributed by atoms with E-state index in [4.69, 9.17) is 4.74 Å². The monoisotopic (exact) mass is 479 g/mol. The first-order chi connectivity index (χ1) is 16.1. The summed E-state index contributed by atoms with van der Waals surface area (Å²) in [5, 5.41) is 9.21. The molecule has 1 amide bonds. The summed E-state index contributed by atoms with van der Waals surface area (Å²) in [6, 6.07) is 7.80. The molecule has 1 aliphatic rings. The molecule has 0 saturated heterocycles. The molecule has 33 heavy (non-hydrogen) atoms. The highest BCUT2D eigenvalue weighted by Crippen LogP contribution is 2.30. The van der Waals surface area contributed by atoms with E-state index in [1.807, 2.05) is 34.3 Å². The average Bonchev–Trinajstić information content (AvgIpc) is 3.59. The molecule has 4 aromatic heterocycles. The lowest BCUT2D eigenvalue weighted by molar-refractivity contribution is 0.0513. The van der Waals surface area contributed by atoms with E-state index in [1.165, 1.54) is 11.3 Å². The van der Waals surface area contributed by atoms with Crippen molar-refractivity contribution >= 4 is 34.6 Å². The van der Waals surface area contributed by atoms with E-state index in [0.29, 0.717) is 31.7 Å². The molecule has 0 N–H and O–H groups in total. The van der Waals surface area contributed by atoms with Crippen molar-refractivity contribution in [3.8, 4) is 9.88 Å². The number of thiazole rings is 1. The van der Waals surface area contributed by atoms with Crippen LogP contribution in [-0.2, 0) is 24.2 Å². The first-order valence-corrected chi connectivity index (χ1v) is 12.3. The summed E-state index contributed by atoms with van der Waals surface area (Å²) in [6.07, 6.45) is 4.06. The fourth-order valence-electron chi connectivity index (χ4n) is 3.87. The average molecular weight is 480 g/mol. The molecular weight excluding hydrogens is 458 g/mol. The minimum atomic E-state index is -0.467. The number of pyridine rings is 1. The van der Waals surface area contributed by atoms with E-state index < -0.39 is 5.97 Å². The van der Waals surface area contributed by atoms with Crippen LogP contribution in [0.25, 0.3) is 9.88 Å². The van der Waals surface area contributed by atoms with Gasteiger partial charge in [-0.3, -0.25) is 14.5 Å². The van der Waals surface area contributed by atoms with Crippen molar-refractivity contribution in [2.24, 2.45) is 0 Å². The van der Waals surface area contributed by atoms with Crippen molar-refractivity contribution in [1.82, 2.24) is 24.6 Å². The van der Waals surface area contributed by atoms with Crippen molar-refractivity contribution in [2.45, 2.75) is 26.4 Å². The molecule has 8 nitrogen and oxygen atoms in total. The first-order valence-electron chi connectivity index (χ1n) is 10.6. The summed E-state index contributed by atoms with van der Waals surface area (Å²) >= 11 is 3.06. The van der Waals surface area contributed by atoms with Crippen LogP contribution < -0.4 is 0 Å². The number of fused-ring (bicyclic) bond motifs is 1. The van der Waals surface area contributed by atoms with E-state index in [-0.39, 0.29) is 18.2 Å². The lowest BCUT2D eigenvalue weighted by atomic mass is 10.0. The quantitative estimate of drug-likeness (QED) is 0.390. The van der Waals surface area contributed by atoms with Gasteiger partial charge in [0.25, 0.3) is 5.91 Å². The van der Waals surface area contributed by atoms with Crippen molar-refractivity contribution in [1.29, 1.82) is 0 Å². The van der Waals surface area contributed by atoms with Crippen LogP contribution in [-0.4, -0.2) is 49.7 Å². The number of thiophene rings is 1. The van der Waals surface area contributed by atoms with Gasteiger partial charge in [-0.15, -0.1) is 22.7 Å². The Morgan fingerprint density at radius 2 is 2.03 bits per heavy atom. The number of hydrogen-bond acceptors (Lipinski definition) is 8. The van der Waals surface area contributed by atoms with Crippen molar-refractivity contribution in [3.05, 3.63) is 75.6 Å². The standard InChI is InChI=1S/C23H21N5O3S2/c1-2-31-23(30)20-16-13-27(22(29)17-14-33-21(25-17)19-4-3-11-32-19)10-7-18(16)28(26-20)12-15-5-8-24-9-6-15/h3-6,8-9,11,14H,2,7,10,12-13H2,1H3. The van der Waals surface area contributed by atoms with Crippen LogP contribution in [0.15, 0.2) is 47.4 Å². The van der Waals surface area contributed by atoms with E-state index in [9.17, 15) is 9.59 Å². The second-order valence-corrected chi connectivity index (χ2v) is 9.31. The van der Waals surface area contributed by atoms with Crippen LogP contribution in [0.4, 0.5) is 0 Å². The number of rotatable bonds is 6. The van der Waals surface area contributed by atoms with Gasteiger partial charge in [0.05, 0.1) is 24.6 Å². The van der Waals surface area contributed by atoms with Gasteiger partial charge in [-0.1, -0.05) is 6.07 Å². The number of hydrogen-bond donors (Lipinski definition) is 0. The maximum Gasteiger partial charge on any atom is 0.359 e. The minimum Gasteiger partial charge on any atom is -0.461 e. The second-order valence-electron chi connectivity index (χ2n) is 7.50. The van der Waals surface area contributed by atoms with Gasteiger partial charge >= 0.3 is 5.97 Å². The fourth-order valence-corrected chi connectivity index (χ4v) is 5.47. The van der Waals surface area contributed by atoms with Gasteiger partial charge in [0.15, 0.2) is 5.69 Å². The molecule has 0 saturated carbocycles. The summed E-state index contributed by atoms with van der Waals surface area (Å²) in [4.78, 5) is 37.2. The van der Waals surface area contributed by atoms with E-state index >= 15 is 0 Å². The molecule has 0 aliphatic carbocycles. The van der Waals surface area contributed by atoms with Gasteiger partial charge in [-0.05, 0) is 36.1 Å². The summed E-state index contributed by atoms with van der Waals surface area (Å²) in [7, 11) is 0. The molecule has 0 aromatic carbocycles. The third kappa shape index (κ3) is 4.31. The number of amides is 1. The predicted octanol–water partition coefficient (Wildman–Crippen LogP) is 3.89. The number of aromatic nitrogens is 4. The Morgan fingerprint density at radius 1 is 1.18 bits per heavy atom. The highest BCUT2D eigenvalue weighted by Gasteiger charge is 2.32. The Morgan fingerprint density at radius 3 is 2.79 bits per heavy atom. The summed E-state index contributed by atoms with van der Waals surface area (Å²) in [6.45, 7) is 3.38. The summed E-state index contributed by atoms with van der Waals surface area (Å²) in [5.41, 5.74) is 3.43. The van der Waals surface area contributed by atoms with Crippen molar-refractivity contribution < 1.29 is 14.3 Å². The fraction of sp³-hybridized carbons (Fsp3) is 0.261. The smallest absolute Gasteiger partial charge is 0.359 e. The normalized spacial score (nSPS) is 13.1. The molecule has 0 bridgehead atoms. The Balaban J connectivity index is 1.42. The Bertz CT molecular complexity index is 1280. The Kier molecular flexibility index (Phi) is 6.01. The van der Waals surface area contributed by atoms with E-state index in [0.717, 1.165) is 26.7 Å². The Labute approximate surface area is 198 Å². The highest BCUT2D eigenvalue weighted by atomic mass is 32.1. The van der Waals surface area contributed by atoms with Crippen LogP contribution in [0.1, 0.15) is 44.7 Å². The molecule has 168 valence electrons. The summed E-state index contributed by atoms with van der Waals surface area (Å²) < 4.78 is 7.09. The highest BCUT2D eigenvalue weighted by molar-refractivity contribution is 7.20.